The van der Waals surface area contributed by atoms with Gasteiger partial charge in [-0.15, -0.1) is 0 Å². The molecule has 2 aromatic rings. The van der Waals surface area contributed by atoms with E-state index in [0.717, 1.165) is 32.4 Å². The molecule has 5 rings (SSSR count). The van der Waals surface area contributed by atoms with Gasteiger partial charge in [0.05, 0.1) is 6.20 Å². The first-order valence-electron chi connectivity index (χ1n) is 9.08. The third-order valence-electron chi connectivity index (χ3n) is 5.96. The van der Waals surface area contributed by atoms with Crippen LogP contribution in [-0.2, 0) is 4.79 Å². The zero-order valence-electron chi connectivity index (χ0n) is 14.0. The van der Waals surface area contributed by atoms with Crippen molar-refractivity contribution >= 4 is 17.5 Å². The van der Waals surface area contributed by atoms with Crippen LogP contribution in [0.2, 0.25) is 0 Å². The number of likely N-dealkylation sites (tertiary alicyclic amines) is 1. The first-order chi connectivity index (χ1) is 12.2. The van der Waals surface area contributed by atoms with E-state index >= 15 is 0 Å². The van der Waals surface area contributed by atoms with Crippen LogP contribution in [0.4, 0.5) is 0 Å². The molecule has 130 valence electrons. The lowest BCUT2D eigenvalue weighted by Crippen LogP contribution is -2.61. The van der Waals surface area contributed by atoms with Crippen LogP contribution in [0.15, 0.2) is 24.5 Å². The molecule has 3 saturated heterocycles. The second-order valence-electron chi connectivity index (χ2n) is 7.51. The van der Waals surface area contributed by atoms with E-state index in [0.29, 0.717) is 48.1 Å². The van der Waals surface area contributed by atoms with Crippen molar-refractivity contribution in [2.75, 3.05) is 19.6 Å². The lowest BCUT2D eigenvalue weighted by atomic mass is 9.76. The molecule has 2 amide bonds. The van der Waals surface area contributed by atoms with Crippen molar-refractivity contribution < 1.29 is 9.59 Å². The van der Waals surface area contributed by atoms with E-state index in [1.54, 1.807) is 16.9 Å². The minimum Gasteiger partial charge on any atom is -0.339 e. The zero-order chi connectivity index (χ0) is 17.0. The molecule has 3 aliphatic rings. The van der Waals surface area contributed by atoms with Gasteiger partial charge in [-0.3, -0.25) is 9.59 Å². The number of rotatable bonds is 1. The molecule has 0 aromatic carbocycles. The first kappa shape index (κ1) is 14.9. The summed E-state index contributed by atoms with van der Waals surface area (Å²) in [7, 11) is 0. The summed E-state index contributed by atoms with van der Waals surface area (Å²) in [4.78, 5) is 33.6. The highest BCUT2D eigenvalue weighted by molar-refractivity contribution is 5.93. The highest BCUT2D eigenvalue weighted by Gasteiger charge is 2.45. The Morgan fingerprint density at radius 1 is 1.24 bits per heavy atom. The Hall–Kier alpha value is -2.44. The summed E-state index contributed by atoms with van der Waals surface area (Å²) in [6, 6.07) is 3.98. The SMILES string of the molecule is O=C(c1cnc2cccnn12)N1C[C@@H]2C[C@H](C1)[C@@H]1CCCC(=O)N1C2. The molecular formula is C18H21N5O2. The van der Waals surface area contributed by atoms with E-state index in [4.69, 9.17) is 0 Å². The molecule has 0 unspecified atom stereocenters. The van der Waals surface area contributed by atoms with Crippen LogP contribution < -0.4 is 0 Å². The van der Waals surface area contributed by atoms with Gasteiger partial charge in [-0.1, -0.05) is 0 Å². The highest BCUT2D eigenvalue weighted by Crippen LogP contribution is 2.38. The Bertz CT molecular complexity index is 847. The quantitative estimate of drug-likeness (QED) is 0.783. The molecule has 3 atom stereocenters. The fourth-order valence-electron chi connectivity index (χ4n) is 4.91. The number of hydrogen-bond acceptors (Lipinski definition) is 4. The molecule has 25 heavy (non-hydrogen) atoms. The van der Waals surface area contributed by atoms with Gasteiger partial charge in [0.2, 0.25) is 5.91 Å². The third-order valence-corrected chi connectivity index (χ3v) is 5.96. The maximum Gasteiger partial charge on any atom is 0.274 e. The van der Waals surface area contributed by atoms with E-state index in [1.807, 2.05) is 17.0 Å². The minimum absolute atomic E-state index is 0.00325. The Kier molecular flexibility index (Phi) is 3.29. The van der Waals surface area contributed by atoms with Crippen LogP contribution in [0, 0.1) is 11.8 Å². The Morgan fingerprint density at radius 3 is 3.08 bits per heavy atom. The Morgan fingerprint density at radius 2 is 2.16 bits per heavy atom. The van der Waals surface area contributed by atoms with E-state index in [2.05, 4.69) is 15.0 Å². The number of amides is 2. The normalized spacial score (nSPS) is 29.0. The predicted octanol–water partition coefficient (Wildman–Crippen LogP) is 1.20. The number of imidazole rings is 1. The fourth-order valence-corrected chi connectivity index (χ4v) is 4.91. The number of carbonyl (C=O) groups excluding carboxylic acids is 2. The van der Waals surface area contributed by atoms with Gasteiger partial charge in [0.15, 0.2) is 11.3 Å². The summed E-state index contributed by atoms with van der Waals surface area (Å²) in [5.74, 6) is 1.08. The number of carbonyl (C=O) groups is 2. The molecule has 3 fully saturated rings. The summed E-state index contributed by atoms with van der Waals surface area (Å²) in [6.07, 6.45) is 7.15. The summed E-state index contributed by atoms with van der Waals surface area (Å²) < 4.78 is 1.61. The van der Waals surface area contributed by atoms with Gasteiger partial charge in [-0.05, 0) is 43.2 Å². The molecule has 0 aliphatic carbocycles. The van der Waals surface area contributed by atoms with Crippen molar-refractivity contribution in [2.45, 2.75) is 31.7 Å². The average Bonchev–Trinajstić information content (AvgIpc) is 3.06. The molecule has 0 radical (unpaired) electrons. The van der Waals surface area contributed by atoms with Gasteiger partial charge in [0.25, 0.3) is 5.91 Å². The average molecular weight is 339 g/mol. The summed E-state index contributed by atoms with van der Waals surface area (Å²) >= 11 is 0. The number of nitrogens with zero attached hydrogens (tertiary/aromatic N) is 5. The van der Waals surface area contributed by atoms with Crippen LogP contribution >= 0.6 is 0 Å². The van der Waals surface area contributed by atoms with Crippen LogP contribution in [0.5, 0.6) is 0 Å². The molecule has 7 nitrogen and oxygen atoms in total. The zero-order valence-corrected chi connectivity index (χ0v) is 14.0. The van der Waals surface area contributed by atoms with Gasteiger partial charge in [0.1, 0.15) is 0 Å². The lowest BCUT2D eigenvalue weighted by Gasteiger charge is -2.52. The van der Waals surface area contributed by atoms with Crippen LogP contribution in [0.1, 0.15) is 36.2 Å². The molecule has 3 aliphatic heterocycles. The van der Waals surface area contributed by atoms with Crippen LogP contribution in [0.25, 0.3) is 5.65 Å². The number of fused-ring (bicyclic) bond motifs is 5. The highest BCUT2D eigenvalue weighted by atomic mass is 16.2. The second-order valence-corrected chi connectivity index (χ2v) is 7.51. The van der Waals surface area contributed by atoms with Gasteiger partial charge >= 0.3 is 0 Å². The number of aromatic nitrogens is 3. The molecule has 7 heteroatoms. The molecule has 0 N–H and O–H groups in total. The van der Waals surface area contributed by atoms with Gasteiger partial charge in [-0.25, -0.2) is 9.50 Å². The van der Waals surface area contributed by atoms with Crippen molar-refractivity contribution in [1.82, 2.24) is 24.4 Å². The largest absolute Gasteiger partial charge is 0.339 e. The smallest absolute Gasteiger partial charge is 0.274 e. The summed E-state index contributed by atoms with van der Waals surface area (Å²) in [5.41, 5.74) is 1.21. The van der Waals surface area contributed by atoms with E-state index in [9.17, 15) is 9.59 Å². The number of piperidine rings is 3. The predicted molar refractivity (Wildman–Crippen MR) is 89.8 cm³/mol. The maximum absolute atomic E-state index is 13.1. The van der Waals surface area contributed by atoms with Crippen molar-refractivity contribution in [3.8, 4) is 0 Å². The lowest BCUT2D eigenvalue weighted by molar-refractivity contribution is -0.144. The minimum atomic E-state index is -0.00325. The Balaban J connectivity index is 1.41. The maximum atomic E-state index is 13.1. The Labute approximate surface area is 145 Å². The molecule has 2 aromatic heterocycles. The second kappa shape index (κ2) is 5.54. The molecule has 5 heterocycles. The third kappa shape index (κ3) is 2.33. The molecular weight excluding hydrogens is 318 g/mol. The van der Waals surface area contributed by atoms with Gasteiger partial charge < -0.3 is 9.80 Å². The molecule has 0 spiro atoms. The van der Waals surface area contributed by atoms with E-state index in [1.165, 1.54) is 0 Å². The summed E-state index contributed by atoms with van der Waals surface area (Å²) in [6.45, 7) is 2.24. The molecule has 0 saturated carbocycles. The standard InChI is InChI=1S/C18H21N5O2/c24-17-5-1-3-14-13-7-12(10-22(14)17)9-21(11-13)18(25)15-8-19-16-4-2-6-20-23(15)16/h2,4,6,8,12-14H,1,3,5,7,9-11H2/t12-,13+,14-/m0/s1. The van der Waals surface area contributed by atoms with E-state index in [-0.39, 0.29) is 5.91 Å². The fraction of sp³-hybridized carbons (Fsp3) is 0.556. The monoisotopic (exact) mass is 339 g/mol. The molecule has 2 bridgehead atoms. The van der Waals surface area contributed by atoms with Gasteiger partial charge in [0, 0.05) is 38.3 Å². The van der Waals surface area contributed by atoms with E-state index < -0.39 is 0 Å². The van der Waals surface area contributed by atoms with Crippen molar-refractivity contribution in [3.05, 3.63) is 30.2 Å². The number of hydrogen-bond donors (Lipinski definition) is 0. The van der Waals surface area contributed by atoms with Crippen molar-refractivity contribution in [1.29, 1.82) is 0 Å². The van der Waals surface area contributed by atoms with Crippen LogP contribution in [0.3, 0.4) is 0 Å². The topological polar surface area (TPSA) is 70.8 Å². The van der Waals surface area contributed by atoms with Crippen molar-refractivity contribution in [3.63, 3.8) is 0 Å². The van der Waals surface area contributed by atoms with Gasteiger partial charge in [-0.2, -0.15) is 5.10 Å². The summed E-state index contributed by atoms with van der Waals surface area (Å²) in [5, 5.41) is 4.26. The first-order valence-corrected chi connectivity index (χ1v) is 9.08. The van der Waals surface area contributed by atoms with Crippen LogP contribution in [-0.4, -0.2) is 61.9 Å². The van der Waals surface area contributed by atoms with Crippen molar-refractivity contribution in [2.24, 2.45) is 11.8 Å².